The Morgan fingerprint density at radius 2 is 1.92 bits per heavy atom. The van der Waals surface area contributed by atoms with Gasteiger partial charge < -0.3 is 0 Å². The maximum Gasteiger partial charge on any atom is 0.187 e. The minimum Gasteiger partial charge on any atom is -0.231 e. The second-order valence-corrected chi connectivity index (χ2v) is 2.75. The standard InChI is InChI=1S/C6H7ClN2S.CH3B/c1-10-6-8-3-5(2-7)4-9-6;1-2/h3-4H,2H2,1H3;1H3. The summed E-state index contributed by atoms with van der Waals surface area (Å²) in [6.07, 6.45) is 5.42. The van der Waals surface area contributed by atoms with Crippen molar-refractivity contribution in [3.05, 3.63) is 18.0 Å². The normalized spacial score (nSPS) is 8.58. The highest BCUT2D eigenvalue weighted by Gasteiger charge is 1.92. The first-order valence-corrected chi connectivity index (χ1v) is 5.11. The summed E-state index contributed by atoms with van der Waals surface area (Å²) in [7, 11) is 4.50. The zero-order valence-corrected chi connectivity index (χ0v) is 8.69. The molecule has 1 heterocycles. The average Bonchev–Trinajstić information content (AvgIpc) is 2.21. The Labute approximate surface area is 83.5 Å². The van der Waals surface area contributed by atoms with Crippen LogP contribution in [0.4, 0.5) is 0 Å². The van der Waals surface area contributed by atoms with E-state index >= 15 is 0 Å². The predicted molar refractivity (Wildman–Crippen MR) is 55.0 cm³/mol. The van der Waals surface area contributed by atoms with Gasteiger partial charge in [0.25, 0.3) is 0 Å². The van der Waals surface area contributed by atoms with Gasteiger partial charge in [-0.3, -0.25) is 0 Å². The van der Waals surface area contributed by atoms with Crippen molar-refractivity contribution in [3.63, 3.8) is 0 Å². The van der Waals surface area contributed by atoms with E-state index in [1.165, 1.54) is 18.6 Å². The van der Waals surface area contributed by atoms with Crippen molar-refractivity contribution in [1.29, 1.82) is 0 Å². The molecule has 1 rings (SSSR count). The van der Waals surface area contributed by atoms with E-state index in [0.29, 0.717) is 5.88 Å². The van der Waals surface area contributed by atoms with Crippen LogP contribution in [0.3, 0.4) is 0 Å². The molecule has 0 spiro atoms. The molecule has 0 atom stereocenters. The van der Waals surface area contributed by atoms with Gasteiger partial charge in [-0.15, -0.1) is 11.6 Å². The highest BCUT2D eigenvalue weighted by atomic mass is 35.5. The van der Waals surface area contributed by atoms with Gasteiger partial charge in [0.15, 0.2) is 5.16 Å². The van der Waals surface area contributed by atoms with Crippen molar-refractivity contribution in [2.45, 2.75) is 17.9 Å². The number of aromatic nitrogens is 2. The summed E-state index contributed by atoms with van der Waals surface area (Å²) in [6, 6.07) is 0. The van der Waals surface area contributed by atoms with Crippen LogP contribution in [0.15, 0.2) is 17.6 Å². The van der Waals surface area contributed by atoms with Crippen LogP contribution >= 0.6 is 23.4 Å². The largest absolute Gasteiger partial charge is 0.231 e. The Hall–Kier alpha value is -0.215. The molecule has 1 aromatic rings. The number of rotatable bonds is 2. The Bertz CT molecular complexity index is 182. The van der Waals surface area contributed by atoms with Gasteiger partial charge in [-0.05, 0) is 6.26 Å². The maximum absolute atomic E-state index is 5.54. The lowest BCUT2D eigenvalue weighted by atomic mass is 10.2. The lowest BCUT2D eigenvalue weighted by molar-refractivity contribution is 0.949. The van der Waals surface area contributed by atoms with Gasteiger partial charge >= 0.3 is 0 Å². The van der Waals surface area contributed by atoms with E-state index in [2.05, 4.69) is 17.8 Å². The molecule has 0 amide bonds. The van der Waals surface area contributed by atoms with Crippen LogP contribution in [0, 0.1) is 0 Å². The lowest BCUT2D eigenvalue weighted by Crippen LogP contribution is -1.86. The average molecular weight is 201 g/mol. The van der Waals surface area contributed by atoms with E-state index in [1.807, 2.05) is 6.26 Å². The molecule has 0 saturated heterocycles. The Kier molecular flexibility index (Phi) is 7.30. The zero-order valence-electron chi connectivity index (χ0n) is 7.12. The molecule has 0 fully saturated rings. The zero-order chi connectivity index (χ0) is 9.40. The summed E-state index contributed by atoms with van der Waals surface area (Å²) in [5.74, 6) is 0.481. The summed E-state index contributed by atoms with van der Waals surface area (Å²) < 4.78 is 0. The molecule has 5 heteroatoms. The van der Waals surface area contributed by atoms with Gasteiger partial charge in [0.05, 0.1) is 13.7 Å². The highest BCUT2D eigenvalue weighted by molar-refractivity contribution is 7.98. The van der Waals surface area contributed by atoms with Gasteiger partial charge in [-0.25, -0.2) is 9.97 Å². The number of thioether (sulfide) groups is 1. The minimum atomic E-state index is 0.481. The summed E-state index contributed by atoms with van der Waals surface area (Å²) in [5, 5.41) is 0.786. The Morgan fingerprint density at radius 1 is 1.42 bits per heavy atom. The summed E-state index contributed by atoms with van der Waals surface area (Å²) in [4.78, 5) is 8.07. The number of hydrogen-bond donors (Lipinski definition) is 0. The fraction of sp³-hybridized carbons (Fsp3) is 0.429. The van der Waals surface area contributed by atoms with Crippen LogP contribution in [0.5, 0.6) is 0 Å². The fourth-order valence-electron chi connectivity index (χ4n) is 0.517. The van der Waals surface area contributed by atoms with Crippen molar-refractivity contribution >= 4 is 31.2 Å². The second kappa shape index (κ2) is 7.43. The van der Waals surface area contributed by atoms with Crippen molar-refractivity contribution in [3.8, 4) is 0 Å². The van der Waals surface area contributed by atoms with Gasteiger partial charge in [0.1, 0.15) is 0 Å². The Morgan fingerprint density at radius 3 is 2.25 bits per heavy atom. The highest BCUT2D eigenvalue weighted by Crippen LogP contribution is 2.07. The summed E-state index contributed by atoms with van der Waals surface area (Å²) >= 11 is 7.06. The van der Waals surface area contributed by atoms with E-state index in [9.17, 15) is 0 Å². The molecular weight excluding hydrogens is 190 g/mol. The molecule has 2 radical (unpaired) electrons. The number of hydrogen-bond acceptors (Lipinski definition) is 3. The number of nitrogens with zero attached hydrogens (tertiary/aromatic N) is 2. The monoisotopic (exact) mass is 200 g/mol. The van der Waals surface area contributed by atoms with Crippen LogP contribution in [-0.2, 0) is 5.88 Å². The molecule has 12 heavy (non-hydrogen) atoms. The molecule has 0 bridgehead atoms. The number of alkyl halides is 1. The number of halogens is 1. The lowest BCUT2D eigenvalue weighted by Gasteiger charge is -1.94. The van der Waals surface area contributed by atoms with Gasteiger partial charge in [0, 0.05) is 18.0 Å². The predicted octanol–water partition coefficient (Wildman–Crippen LogP) is 2.14. The quantitative estimate of drug-likeness (QED) is 0.317. The first-order chi connectivity index (χ1) is 5.86. The molecule has 0 N–H and O–H groups in total. The van der Waals surface area contributed by atoms with Crippen LogP contribution in [0.2, 0.25) is 6.82 Å². The molecule has 64 valence electrons. The molecule has 0 saturated carbocycles. The van der Waals surface area contributed by atoms with Crippen molar-refractivity contribution in [2.75, 3.05) is 6.26 Å². The molecular formula is C7H10BClN2S. The van der Waals surface area contributed by atoms with Crippen molar-refractivity contribution < 1.29 is 0 Å². The third-order valence-electron chi connectivity index (χ3n) is 1.02. The van der Waals surface area contributed by atoms with Crippen LogP contribution in [0.25, 0.3) is 0 Å². The van der Waals surface area contributed by atoms with Gasteiger partial charge in [-0.1, -0.05) is 18.6 Å². The molecule has 2 nitrogen and oxygen atoms in total. The van der Waals surface area contributed by atoms with E-state index in [4.69, 9.17) is 11.6 Å². The summed E-state index contributed by atoms with van der Waals surface area (Å²) in [5.41, 5.74) is 0.958. The third kappa shape index (κ3) is 3.97. The molecule has 0 aliphatic rings. The third-order valence-corrected chi connectivity index (χ3v) is 1.90. The van der Waals surface area contributed by atoms with Gasteiger partial charge in [-0.2, -0.15) is 0 Å². The minimum absolute atomic E-state index is 0.481. The van der Waals surface area contributed by atoms with Crippen molar-refractivity contribution in [2.24, 2.45) is 0 Å². The SMILES string of the molecule is CSc1ncc(CCl)cn1.[B]C. The fourth-order valence-corrected chi connectivity index (χ4v) is 0.972. The second-order valence-electron chi connectivity index (χ2n) is 1.71. The first-order valence-electron chi connectivity index (χ1n) is 3.35. The van der Waals surface area contributed by atoms with Crippen molar-refractivity contribution in [1.82, 2.24) is 9.97 Å². The molecule has 0 aliphatic carbocycles. The van der Waals surface area contributed by atoms with E-state index in [0.717, 1.165) is 10.7 Å². The summed E-state index contributed by atoms with van der Waals surface area (Å²) in [6.45, 7) is 1.50. The molecule has 1 aromatic heterocycles. The van der Waals surface area contributed by atoms with Crippen LogP contribution < -0.4 is 0 Å². The maximum atomic E-state index is 5.54. The first kappa shape index (κ1) is 11.8. The van der Waals surface area contributed by atoms with Crippen LogP contribution in [-0.4, -0.2) is 24.1 Å². The van der Waals surface area contributed by atoms with Gasteiger partial charge in [0.2, 0.25) is 0 Å². The van der Waals surface area contributed by atoms with E-state index < -0.39 is 0 Å². The van der Waals surface area contributed by atoms with E-state index in [1.54, 1.807) is 12.4 Å². The van der Waals surface area contributed by atoms with E-state index in [-0.39, 0.29) is 0 Å². The molecule has 0 aliphatic heterocycles. The van der Waals surface area contributed by atoms with Crippen LogP contribution in [0.1, 0.15) is 5.56 Å². The molecule has 0 aromatic carbocycles. The smallest absolute Gasteiger partial charge is 0.187 e. The Balaban J connectivity index is 0.000000561. The molecule has 0 unspecified atom stereocenters. The topological polar surface area (TPSA) is 25.8 Å².